The minimum Gasteiger partial charge on any atom is -0.341 e. The van der Waals surface area contributed by atoms with Gasteiger partial charge in [-0.15, -0.1) is 23.1 Å². The number of halogens is 1. The number of hydrogen-bond acceptors (Lipinski definition) is 5. The van der Waals surface area contributed by atoms with Gasteiger partial charge in [-0.05, 0) is 42.5 Å². The van der Waals surface area contributed by atoms with Crippen molar-refractivity contribution in [2.24, 2.45) is 0 Å². The molecule has 184 valence electrons. The quantitative estimate of drug-likeness (QED) is 0.437. The molecular weight excluding hydrogens is 500 g/mol. The molecule has 2 aliphatic heterocycles. The molecule has 0 saturated carbocycles. The van der Waals surface area contributed by atoms with Gasteiger partial charge >= 0.3 is 0 Å². The largest absolute Gasteiger partial charge is 0.341 e. The first kappa shape index (κ1) is 24.4. The molecule has 1 fully saturated rings. The summed E-state index contributed by atoms with van der Waals surface area (Å²) in [5.41, 5.74) is 2.42. The molecule has 35 heavy (non-hydrogen) atoms. The first-order valence-corrected chi connectivity index (χ1v) is 14.2. The number of rotatable bonds is 4. The minimum atomic E-state index is -0.276. The fourth-order valence-electron chi connectivity index (χ4n) is 4.73. The van der Waals surface area contributed by atoms with Crippen LogP contribution in [0.5, 0.6) is 0 Å². The lowest BCUT2D eigenvalue weighted by atomic mass is 9.88. The standard InChI is InChI=1S/C26H29ClN4O2S2/c1-26(2,3)24-22-23(19-10-7-13-34-19)35-16-21(33)30(15-20(32)29-11-4-5-12-29)25(22)31(28-24)18-9-6-8-17(27)14-18/h6-10,13-14,23H,4-5,11-12,15-16H2,1-3H3/t23-/m0/s1. The molecule has 2 aromatic heterocycles. The van der Waals surface area contributed by atoms with Crippen molar-refractivity contribution in [1.29, 1.82) is 0 Å². The Morgan fingerprint density at radius 1 is 1.17 bits per heavy atom. The van der Waals surface area contributed by atoms with E-state index in [0.29, 0.717) is 16.6 Å². The average Bonchev–Trinajstić information content (AvgIpc) is 3.57. The molecule has 5 rings (SSSR count). The molecule has 6 nitrogen and oxygen atoms in total. The van der Waals surface area contributed by atoms with Crippen LogP contribution in [0.15, 0.2) is 41.8 Å². The predicted octanol–water partition coefficient (Wildman–Crippen LogP) is 5.68. The monoisotopic (exact) mass is 528 g/mol. The van der Waals surface area contributed by atoms with Gasteiger partial charge in [0.15, 0.2) is 0 Å². The lowest BCUT2D eigenvalue weighted by Gasteiger charge is -2.26. The number of anilines is 1. The summed E-state index contributed by atoms with van der Waals surface area (Å²) in [4.78, 5) is 31.6. The van der Waals surface area contributed by atoms with Gasteiger partial charge in [0.25, 0.3) is 0 Å². The van der Waals surface area contributed by atoms with Gasteiger partial charge in [-0.1, -0.05) is 44.5 Å². The molecule has 0 unspecified atom stereocenters. The predicted molar refractivity (Wildman–Crippen MR) is 144 cm³/mol. The van der Waals surface area contributed by atoms with Gasteiger partial charge in [-0.3, -0.25) is 14.5 Å². The van der Waals surface area contributed by atoms with Crippen LogP contribution in [0, 0.1) is 0 Å². The summed E-state index contributed by atoms with van der Waals surface area (Å²) in [6, 6.07) is 11.7. The lowest BCUT2D eigenvalue weighted by Crippen LogP contribution is -2.43. The summed E-state index contributed by atoms with van der Waals surface area (Å²) >= 11 is 9.66. The highest BCUT2D eigenvalue weighted by atomic mass is 35.5. The highest BCUT2D eigenvalue weighted by Crippen LogP contribution is 2.49. The highest BCUT2D eigenvalue weighted by molar-refractivity contribution is 8.00. The van der Waals surface area contributed by atoms with Crippen LogP contribution < -0.4 is 4.90 Å². The van der Waals surface area contributed by atoms with Crippen LogP contribution in [-0.4, -0.2) is 51.9 Å². The molecule has 1 saturated heterocycles. The number of carbonyl (C=O) groups is 2. The number of thioether (sulfide) groups is 1. The lowest BCUT2D eigenvalue weighted by molar-refractivity contribution is -0.130. The molecule has 0 bridgehead atoms. The van der Waals surface area contributed by atoms with Gasteiger partial charge in [-0.2, -0.15) is 5.10 Å². The number of carbonyl (C=O) groups excluding carboxylic acids is 2. The average molecular weight is 529 g/mol. The first-order valence-electron chi connectivity index (χ1n) is 11.9. The molecule has 0 spiro atoms. The van der Waals surface area contributed by atoms with Crippen LogP contribution >= 0.6 is 34.7 Å². The normalized spacial score (nSPS) is 18.6. The van der Waals surface area contributed by atoms with Gasteiger partial charge in [-0.25, -0.2) is 4.68 Å². The van der Waals surface area contributed by atoms with E-state index in [2.05, 4.69) is 32.2 Å². The molecule has 2 amide bonds. The van der Waals surface area contributed by atoms with Crippen molar-refractivity contribution in [3.8, 4) is 5.69 Å². The summed E-state index contributed by atoms with van der Waals surface area (Å²) in [6.45, 7) is 7.93. The zero-order chi connectivity index (χ0) is 24.7. The zero-order valence-electron chi connectivity index (χ0n) is 20.2. The van der Waals surface area contributed by atoms with Gasteiger partial charge in [0.2, 0.25) is 11.8 Å². The van der Waals surface area contributed by atoms with Gasteiger partial charge in [0, 0.05) is 34.0 Å². The number of amides is 2. The Hall–Kier alpha value is -2.29. The number of likely N-dealkylation sites (tertiary alicyclic amines) is 1. The van der Waals surface area contributed by atoms with Crippen molar-refractivity contribution in [3.63, 3.8) is 0 Å². The maximum absolute atomic E-state index is 13.6. The fourth-order valence-corrected chi connectivity index (χ4v) is 7.09. The zero-order valence-corrected chi connectivity index (χ0v) is 22.6. The summed E-state index contributed by atoms with van der Waals surface area (Å²) in [7, 11) is 0. The van der Waals surface area contributed by atoms with Gasteiger partial charge < -0.3 is 4.90 Å². The maximum atomic E-state index is 13.6. The molecule has 0 N–H and O–H groups in total. The second-order valence-electron chi connectivity index (χ2n) is 10.0. The number of hydrogen-bond donors (Lipinski definition) is 0. The Bertz CT molecular complexity index is 1240. The Balaban J connectivity index is 1.74. The van der Waals surface area contributed by atoms with Crippen LogP contribution in [0.3, 0.4) is 0 Å². The van der Waals surface area contributed by atoms with E-state index in [9.17, 15) is 9.59 Å². The second-order valence-corrected chi connectivity index (χ2v) is 12.5. The van der Waals surface area contributed by atoms with Crippen LogP contribution in [0.2, 0.25) is 5.02 Å². The maximum Gasteiger partial charge on any atom is 0.242 e. The Labute approximate surface area is 219 Å². The van der Waals surface area contributed by atoms with Crippen LogP contribution in [0.1, 0.15) is 55.0 Å². The van der Waals surface area contributed by atoms with Gasteiger partial charge in [0.05, 0.1) is 22.4 Å². The Morgan fingerprint density at radius 2 is 1.94 bits per heavy atom. The highest BCUT2D eigenvalue weighted by Gasteiger charge is 2.40. The van der Waals surface area contributed by atoms with E-state index >= 15 is 0 Å². The third-order valence-electron chi connectivity index (χ3n) is 6.41. The van der Waals surface area contributed by atoms with Gasteiger partial charge in [0.1, 0.15) is 12.4 Å². The molecule has 1 atom stereocenters. The second kappa shape index (κ2) is 9.64. The molecule has 2 aliphatic rings. The number of benzene rings is 1. The SMILES string of the molecule is CC(C)(C)c1nn(-c2cccc(Cl)c2)c2c1[C@H](c1cccs1)SCC(=O)N2CC(=O)N1CCCC1. The number of aromatic nitrogens is 2. The third kappa shape index (κ3) is 4.76. The summed E-state index contributed by atoms with van der Waals surface area (Å²) in [5, 5.41) is 7.70. The molecule has 0 radical (unpaired) electrons. The van der Waals surface area contributed by atoms with E-state index in [0.717, 1.165) is 42.9 Å². The third-order valence-corrected chi connectivity index (χ3v) is 8.96. The molecule has 0 aliphatic carbocycles. The molecule has 3 aromatic rings. The number of thiophene rings is 1. The smallest absolute Gasteiger partial charge is 0.242 e. The van der Waals surface area contributed by atoms with Crippen molar-refractivity contribution < 1.29 is 9.59 Å². The number of nitrogens with zero attached hydrogens (tertiary/aromatic N) is 4. The number of fused-ring (bicyclic) bond motifs is 1. The van der Waals surface area contributed by atoms with Crippen molar-refractivity contribution in [2.45, 2.75) is 44.3 Å². The van der Waals surface area contributed by atoms with E-state index < -0.39 is 0 Å². The molecule has 4 heterocycles. The van der Waals surface area contributed by atoms with Crippen LogP contribution in [0.4, 0.5) is 5.82 Å². The summed E-state index contributed by atoms with van der Waals surface area (Å²) in [6.07, 6.45) is 2.02. The first-order chi connectivity index (χ1) is 16.7. The van der Waals surface area contributed by atoms with Crippen LogP contribution in [-0.2, 0) is 15.0 Å². The van der Waals surface area contributed by atoms with E-state index in [1.165, 1.54) is 4.88 Å². The molecule has 1 aromatic carbocycles. The minimum absolute atomic E-state index is 0.0133. The molecule has 9 heteroatoms. The molecular formula is C26H29ClN4O2S2. The van der Waals surface area contributed by atoms with E-state index in [1.807, 2.05) is 39.9 Å². The Kier molecular flexibility index (Phi) is 6.72. The van der Waals surface area contributed by atoms with Crippen molar-refractivity contribution in [1.82, 2.24) is 14.7 Å². The van der Waals surface area contributed by atoms with Crippen molar-refractivity contribution >= 4 is 52.3 Å². The topological polar surface area (TPSA) is 58.4 Å². The van der Waals surface area contributed by atoms with Crippen molar-refractivity contribution in [2.75, 3.05) is 30.3 Å². The summed E-state index contributed by atoms with van der Waals surface area (Å²) < 4.78 is 1.82. The van der Waals surface area contributed by atoms with E-state index in [-0.39, 0.29) is 29.0 Å². The Morgan fingerprint density at radius 3 is 2.60 bits per heavy atom. The van der Waals surface area contributed by atoms with E-state index in [1.54, 1.807) is 28.0 Å². The van der Waals surface area contributed by atoms with Crippen LogP contribution in [0.25, 0.3) is 5.69 Å². The summed E-state index contributed by atoms with van der Waals surface area (Å²) in [5.74, 6) is 0.881. The van der Waals surface area contributed by atoms with E-state index in [4.69, 9.17) is 16.7 Å². The van der Waals surface area contributed by atoms with Crippen molar-refractivity contribution in [3.05, 3.63) is 62.9 Å². The fraction of sp³-hybridized carbons (Fsp3) is 0.423.